The molecule has 0 bridgehead atoms. The third-order valence-electron chi connectivity index (χ3n) is 5.53. The highest BCUT2D eigenvalue weighted by molar-refractivity contribution is 7.89. The number of hydrogen-bond acceptors (Lipinski definition) is 4. The van der Waals surface area contributed by atoms with E-state index in [0.29, 0.717) is 45.0 Å². The van der Waals surface area contributed by atoms with Crippen LogP contribution >= 0.6 is 0 Å². The summed E-state index contributed by atoms with van der Waals surface area (Å²) in [5.41, 5.74) is 0.0183. The number of hydrogen-bond donors (Lipinski definition) is 0. The Bertz CT molecular complexity index is 1060. The molecule has 0 radical (unpaired) electrons. The van der Waals surface area contributed by atoms with Gasteiger partial charge in [0.2, 0.25) is 10.0 Å². The van der Waals surface area contributed by atoms with Crippen LogP contribution in [0.2, 0.25) is 0 Å². The Balaban J connectivity index is 1.71. The van der Waals surface area contributed by atoms with Crippen LogP contribution in [0.25, 0.3) is 0 Å². The predicted octanol–water partition coefficient (Wildman–Crippen LogP) is 3.70. The van der Waals surface area contributed by atoms with Crippen LogP contribution in [-0.4, -0.2) is 62.8 Å². The Labute approximate surface area is 186 Å². The summed E-state index contributed by atoms with van der Waals surface area (Å²) in [5, 5.41) is 0. The zero-order valence-corrected chi connectivity index (χ0v) is 18.8. The van der Waals surface area contributed by atoms with E-state index in [1.807, 2.05) is 0 Å². The van der Waals surface area contributed by atoms with Crippen LogP contribution < -0.4 is 4.90 Å². The minimum Gasteiger partial charge on any atom is -0.368 e. The summed E-state index contributed by atoms with van der Waals surface area (Å²) in [4.78, 5) is 16.4. The van der Waals surface area contributed by atoms with Crippen LogP contribution in [0.1, 0.15) is 29.8 Å². The summed E-state index contributed by atoms with van der Waals surface area (Å²) >= 11 is 0. The van der Waals surface area contributed by atoms with E-state index in [0.717, 1.165) is 12.1 Å². The number of anilines is 1. The van der Waals surface area contributed by atoms with Crippen molar-refractivity contribution in [2.45, 2.75) is 24.9 Å². The Morgan fingerprint density at radius 2 is 1.59 bits per heavy atom. The Hall–Kier alpha value is -2.59. The number of sulfonamides is 1. The van der Waals surface area contributed by atoms with Gasteiger partial charge in [0.05, 0.1) is 10.5 Å². The molecule has 10 heteroatoms. The van der Waals surface area contributed by atoms with Crippen molar-refractivity contribution in [1.29, 1.82) is 0 Å². The average Bonchev–Trinajstić information content (AvgIpc) is 2.79. The van der Waals surface area contributed by atoms with Crippen molar-refractivity contribution >= 4 is 21.6 Å². The van der Waals surface area contributed by atoms with Gasteiger partial charge >= 0.3 is 6.18 Å². The molecule has 2 aromatic carbocycles. The van der Waals surface area contributed by atoms with Crippen molar-refractivity contribution in [1.82, 2.24) is 9.21 Å². The number of benzene rings is 2. The maximum atomic E-state index is 13.0. The first-order chi connectivity index (χ1) is 15.1. The normalized spacial score (nSPS) is 15.3. The smallest absolute Gasteiger partial charge is 0.368 e. The molecule has 174 valence electrons. The van der Waals surface area contributed by atoms with Crippen LogP contribution in [-0.2, 0) is 16.2 Å². The fourth-order valence-corrected chi connectivity index (χ4v) is 5.24. The Morgan fingerprint density at radius 1 is 0.969 bits per heavy atom. The second-order valence-electron chi connectivity index (χ2n) is 7.44. The maximum Gasteiger partial charge on any atom is 0.416 e. The molecule has 0 unspecified atom stereocenters. The lowest BCUT2D eigenvalue weighted by Gasteiger charge is -2.36. The van der Waals surface area contributed by atoms with Gasteiger partial charge in [-0.3, -0.25) is 4.79 Å². The van der Waals surface area contributed by atoms with Crippen LogP contribution in [0.15, 0.2) is 53.4 Å². The minimum absolute atomic E-state index is 0.0645. The summed E-state index contributed by atoms with van der Waals surface area (Å²) in [7, 11) is -3.69. The van der Waals surface area contributed by atoms with Crippen molar-refractivity contribution in [2.75, 3.05) is 44.2 Å². The van der Waals surface area contributed by atoms with Crippen molar-refractivity contribution in [3.63, 3.8) is 0 Å². The maximum absolute atomic E-state index is 13.0. The molecule has 1 fully saturated rings. The molecule has 0 spiro atoms. The van der Waals surface area contributed by atoms with Crippen LogP contribution in [0.4, 0.5) is 18.9 Å². The van der Waals surface area contributed by atoms with E-state index >= 15 is 0 Å². The van der Waals surface area contributed by atoms with Gasteiger partial charge in [-0.25, -0.2) is 8.42 Å². The van der Waals surface area contributed by atoms with Gasteiger partial charge in [-0.15, -0.1) is 0 Å². The molecule has 0 aliphatic carbocycles. The summed E-state index contributed by atoms with van der Waals surface area (Å²) < 4.78 is 65.8. The lowest BCUT2D eigenvalue weighted by atomic mass is 10.1. The van der Waals surface area contributed by atoms with Gasteiger partial charge < -0.3 is 9.80 Å². The Morgan fingerprint density at radius 3 is 2.19 bits per heavy atom. The molecular formula is C22H26F3N3O3S. The standard InChI is InChI=1S/C22H26F3N3O3S/c1-3-28(4-2)32(30,31)20-10-5-7-17(15-20)21(29)27-13-11-26(12-14-27)19-9-6-8-18(16-19)22(23,24)25/h5-10,15-16H,3-4,11-14H2,1-2H3. The number of carbonyl (C=O) groups excluding carboxylic acids is 1. The number of amides is 1. The highest BCUT2D eigenvalue weighted by Gasteiger charge is 2.31. The van der Waals surface area contributed by atoms with E-state index in [1.165, 1.54) is 22.5 Å². The molecule has 1 aliphatic heterocycles. The first kappa shape index (κ1) is 24.1. The molecular weight excluding hydrogens is 443 g/mol. The van der Waals surface area contributed by atoms with Gasteiger partial charge in [-0.2, -0.15) is 17.5 Å². The van der Waals surface area contributed by atoms with E-state index in [4.69, 9.17) is 0 Å². The van der Waals surface area contributed by atoms with Gasteiger partial charge in [-0.1, -0.05) is 26.0 Å². The van der Waals surface area contributed by atoms with Gasteiger partial charge in [0.15, 0.2) is 0 Å². The fraction of sp³-hybridized carbons (Fsp3) is 0.409. The lowest BCUT2D eigenvalue weighted by Crippen LogP contribution is -2.48. The number of piperazine rings is 1. The molecule has 0 N–H and O–H groups in total. The quantitative estimate of drug-likeness (QED) is 0.648. The van der Waals surface area contributed by atoms with Gasteiger partial charge in [0.1, 0.15) is 0 Å². The third kappa shape index (κ3) is 5.07. The van der Waals surface area contributed by atoms with Gasteiger partial charge in [0, 0.05) is 50.5 Å². The van der Waals surface area contributed by atoms with Crippen molar-refractivity contribution in [3.05, 3.63) is 59.7 Å². The number of carbonyl (C=O) groups is 1. The highest BCUT2D eigenvalue weighted by atomic mass is 32.2. The summed E-state index contributed by atoms with van der Waals surface area (Å²) in [6.07, 6.45) is -4.41. The van der Waals surface area contributed by atoms with Gasteiger partial charge in [-0.05, 0) is 36.4 Å². The number of rotatable bonds is 6. The SMILES string of the molecule is CCN(CC)S(=O)(=O)c1cccc(C(=O)N2CCN(c3cccc(C(F)(F)F)c3)CC2)c1. The number of halogens is 3. The second-order valence-corrected chi connectivity index (χ2v) is 9.38. The predicted molar refractivity (Wildman–Crippen MR) is 116 cm³/mol. The minimum atomic E-state index is -4.41. The summed E-state index contributed by atoms with van der Waals surface area (Å²) in [6.45, 7) is 5.56. The molecule has 1 amide bonds. The number of nitrogens with zero attached hydrogens (tertiary/aromatic N) is 3. The molecule has 1 aliphatic rings. The largest absolute Gasteiger partial charge is 0.416 e. The summed E-state index contributed by atoms with van der Waals surface area (Å²) in [6, 6.07) is 11.1. The fourth-order valence-electron chi connectivity index (χ4n) is 3.73. The molecule has 0 saturated carbocycles. The number of alkyl halides is 3. The molecule has 0 atom stereocenters. The molecule has 6 nitrogen and oxygen atoms in total. The van der Waals surface area contributed by atoms with E-state index in [2.05, 4.69) is 0 Å². The molecule has 3 rings (SSSR count). The molecule has 32 heavy (non-hydrogen) atoms. The topological polar surface area (TPSA) is 60.9 Å². The zero-order valence-electron chi connectivity index (χ0n) is 18.0. The van der Waals surface area contributed by atoms with Crippen LogP contribution in [0.5, 0.6) is 0 Å². The molecule has 0 aromatic heterocycles. The van der Waals surface area contributed by atoms with E-state index < -0.39 is 21.8 Å². The third-order valence-corrected chi connectivity index (χ3v) is 7.58. The Kier molecular flexibility index (Phi) is 7.14. The van der Waals surface area contributed by atoms with Crippen molar-refractivity contribution < 1.29 is 26.4 Å². The van der Waals surface area contributed by atoms with E-state index in [9.17, 15) is 26.4 Å². The molecule has 1 saturated heterocycles. The van der Waals surface area contributed by atoms with E-state index in [1.54, 1.807) is 41.8 Å². The second kappa shape index (κ2) is 9.50. The molecule has 1 heterocycles. The average molecular weight is 470 g/mol. The van der Waals surface area contributed by atoms with Crippen molar-refractivity contribution in [2.24, 2.45) is 0 Å². The van der Waals surface area contributed by atoms with Gasteiger partial charge in [0.25, 0.3) is 5.91 Å². The monoisotopic (exact) mass is 469 g/mol. The first-order valence-electron chi connectivity index (χ1n) is 10.4. The van der Waals surface area contributed by atoms with Crippen molar-refractivity contribution in [3.8, 4) is 0 Å². The first-order valence-corrected chi connectivity index (χ1v) is 11.8. The zero-order chi connectivity index (χ0) is 23.5. The summed E-state index contributed by atoms with van der Waals surface area (Å²) in [5.74, 6) is -0.301. The van der Waals surface area contributed by atoms with E-state index in [-0.39, 0.29) is 16.4 Å². The van der Waals surface area contributed by atoms with Crippen LogP contribution in [0.3, 0.4) is 0 Å². The lowest BCUT2D eigenvalue weighted by molar-refractivity contribution is -0.137. The highest BCUT2D eigenvalue weighted by Crippen LogP contribution is 2.32. The van der Waals surface area contributed by atoms with Crippen LogP contribution in [0, 0.1) is 0 Å². The molecule has 2 aromatic rings.